The number of anilines is 2. The highest BCUT2D eigenvalue weighted by atomic mass is 19.4. The molecule has 2 amide bonds. The maximum atomic E-state index is 13.1. The first-order chi connectivity index (χ1) is 13.1. The van der Waals surface area contributed by atoms with Gasteiger partial charge in [0.2, 0.25) is 11.8 Å². The molecule has 0 heterocycles. The van der Waals surface area contributed by atoms with Crippen LogP contribution in [0.15, 0.2) is 18.2 Å². The van der Waals surface area contributed by atoms with E-state index in [2.05, 4.69) is 10.6 Å². The third-order valence-corrected chi connectivity index (χ3v) is 4.47. The largest absolute Gasteiger partial charge is 0.416 e. The molecular formula is C19H27F3N4O2. The highest BCUT2D eigenvalue weighted by molar-refractivity contribution is 5.96. The molecule has 0 atom stereocenters. The Labute approximate surface area is 163 Å². The molecule has 0 spiro atoms. The third-order valence-electron chi connectivity index (χ3n) is 4.47. The van der Waals surface area contributed by atoms with Crippen LogP contribution < -0.4 is 15.5 Å². The van der Waals surface area contributed by atoms with Gasteiger partial charge in [-0.1, -0.05) is 0 Å². The number of nitrogens with one attached hydrogen (secondary N) is 2. The van der Waals surface area contributed by atoms with Crippen molar-refractivity contribution in [2.75, 3.05) is 43.4 Å². The van der Waals surface area contributed by atoms with Gasteiger partial charge < -0.3 is 15.5 Å². The van der Waals surface area contributed by atoms with Crippen molar-refractivity contribution in [2.24, 2.45) is 0 Å². The molecule has 1 aromatic rings. The van der Waals surface area contributed by atoms with Crippen molar-refractivity contribution in [3.63, 3.8) is 0 Å². The minimum absolute atomic E-state index is 0.0510. The van der Waals surface area contributed by atoms with Crippen molar-refractivity contribution in [3.8, 4) is 0 Å². The standard InChI is InChI=1S/C19H27F3N4O2/c1-4-26(5-2)16-9-6-13(19(20,21)22)10-15(16)24-18(28)12-25(3)11-17(27)23-14-7-8-14/h6,9-10,14H,4-5,7-8,11-12H2,1-3H3,(H,23,27)(H,24,28). The lowest BCUT2D eigenvalue weighted by molar-refractivity contribution is -0.137. The molecular weight excluding hydrogens is 373 g/mol. The van der Waals surface area contributed by atoms with E-state index in [4.69, 9.17) is 0 Å². The zero-order valence-corrected chi connectivity index (χ0v) is 16.4. The Kier molecular flexibility index (Phi) is 7.29. The normalized spacial score (nSPS) is 14.1. The highest BCUT2D eigenvalue weighted by Crippen LogP contribution is 2.35. The molecule has 1 saturated carbocycles. The summed E-state index contributed by atoms with van der Waals surface area (Å²) in [5.41, 5.74) is -0.185. The second kappa shape index (κ2) is 9.27. The van der Waals surface area contributed by atoms with E-state index < -0.39 is 17.6 Å². The average Bonchev–Trinajstić information content (AvgIpc) is 3.39. The smallest absolute Gasteiger partial charge is 0.370 e. The third kappa shape index (κ3) is 6.40. The van der Waals surface area contributed by atoms with Gasteiger partial charge in [0.25, 0.3) is 0 Å². The first kappa shape index (κ1) is 22.0. The molecule has 0 saturated heterocycles. The van der Waals surface area contributed by atoms with E-state index in [0.717, 1.165) is 25.0 Å². The minimum atomic E-state index is -4.50. The summed E-state index contributed by atoms with van der Waals surface area (Å²) in [5.74, 6) is -0.643. The number of carbonyl (C=O) groups is 2. The molecule has 0 aromatic heterocycles. The molecule has 2 rings (SSSR count). The lowest BCUT2D eigenvalue weighted by Crippen LogP contribution is -2.39. The monoisotopic (exact) mass is 400 g/mol. The number of carbonyl (C=O) groups excluding carboxylic acids is 2. The summed E-state index contributed by atoms with van der Waals surface area (Å²) >= 11 is 0. The molecule has 1 aliphatic carbocycles. The fourth-order valence-corrected chi connectivity index (χ4v) is 2.89. The average molecular weight is 400 g/mol. The summed E-state index contributed by atoms with van der Waals surface area (Å²) < 4.78 is 39.3. The van der Waals surface area contributed by atoms with Crippen LogP contribution in [0.4, 0.5) is 24.5 Å². The highest BCUT2D eigenvalue weighted by Gasteiger charge is 2.31. The number of alkyl halides is 3. The number of hydrogen-bond acceptors (Lipinski definition) is 4. The van der Waals surface area contributed by atoms with Crippen LogP contribution in [0.1, 0.15) is 32.3 Å². The van der Waals surface area contributed by atoms with Crippen LogP contribution in [0, 0.1) is 0 Å². The Morgan fingerprint density at radius 1 is 1.11 bits per heavy atom. The van der Waals surface area contributed by atoms with Crippen LogP contribution in [0.25, 0.3) is 0 Å². The Morgan fingerprint density at radius 2 is 1.71 bits per heavy atom. The molecule has 0 aliphatic heterocycles. The van der Waals surface area contributed by atoms with Crippen LogP contribution in [-0.2, 0) is 15.8 Å². The topological polar surface area (TPSA) is 64.7 Å². The maximum Gasteiger partial charge on any atom is 0.416 e. The summed E-state index contributed by atoms with van der Waals surface area (Å²) in [4.78, 5) is 27.6. The van der Waals surface area contributed by atoms with Crippen molar-refractivity contribution in [1.29, 1.82) is 0 Å². The summed E-state index contributed by atoms with van der Waals surface area (Å²) in [6, 6.07) is 3.57. The van der Waals surface area contributed by atoms with Crippen LogP contribution >= 0.6 is 0 Å². The molecule has 9 heteroatoms. The van der Waals surface area contributed by atoms with Gasteiger partial charge in [-0.3, -0.25) is 14.5 Å². The second-order valence-electron chi connectivity index (χ2n) is 6.96. The van der Waals surface area contributed by atoms with E-state index >= 15 is 0 Å². The number of nitrogens with zero attached hydrogens (tertiary/aromatic N) is 2. The molecule has 0 unspecified atom stereocenters. The van der Waals surface area contributed by atoms with Crippen molar-refractivity contribution >= 4 is 23.2 Å². The zero-order chi connectivity index (χ0) is 20.9. The van der Waals surface area contributed by atoms with Crippen LogP contribution in [0.3, 0.4) is 0 Å². The molecule has 1 aromatic carbocycles. The number of rotatable bonds is 9. The van der Waals surface area contributed by atoms with Gasteiger partial charge in [0.1, 0.15) is 0 Å². The van der Waals surface area contributed by atoms with E-state index in [1.54, 1.807) is 7.05 Å². The zero-order valence-electron chi connectivity index (χ0n) is 16.4. The lowest BCUT2D eigenvalue weighted by Gasteiger charge is -2.25. The van der Waals surface area contributed by atoms with Crippen molar-refractivity contribution in [3.05, 3.63) is 23.8 Å². The molecule has 156 valence electrons. The van der Waals surface area contributed by atoms with Crippen molar-refractivity contribution in [2.45, 2.75) is 38.9 Å². The lowest BCUT2D eigenvalue weighted by atomic mass is 10.1. The molecule has 0 bridgehead atoms. The molecule has 1 aliphatic rings. The molecule has 6 nitrogen and oxygen atoms in total. The van der Waals surface area contributed by atoms with Crippen LogP contribution in [0.2, 0.25) is 0 Å². The molecule has 1 fully saturated rings. The van der Waals surface area contributed by atoms with Crippen LogP contribution in [0.5, 0.6) is 0 Å². The van der Waals surface area contributed by atoms with Gasteiger partial charge in [0, 0.05) is 19.1 Å². The van der Waals surface area contributed by atoms with Gasteiger partial charge in [-0.15, -0.1) is 0 Å². The SMILES string of the molecule is CCN(CC)c1ccc(C(F)(F)F)cc1NC(=O)CN(C)CC(=O)NC1CC1. The maximum absolute atomic E-state index is 13.1. The van der Waals surface area contributed by atoms with Gasteiger partial charge in [-0.2, -0.15) is 13.2 Å². The predicted octanol–water partition coefficient (Wildman–Crippen LogP) is 2.70. The minimum Gasteiger partial charge on any atom is -0.370 e. The van der Waals surface area contributed by atoms with Crippen molar-refractivity contribution in [1.82, 2.24) is 10.2 Å². The molecule has 0 radical (unpaired) electrons. The Morgan fingerprint density at radius 3 is 2.25 bits per heavy atom. The van der Waals surface area contributed by atoms with Crippen molar-refractivity contribution < 1.29 is 22.8 Å². The Bertz CT molecular complexity index is 701. The molecule has 2 N–H and O–H groups in total. The number of halogens is 3. The first-order valence-corrected chi connectivity index (χ1v) is 9.38. The fraction of sp³-hybridized carbons (Fsp3) is 0.579. The number of benzene rings is 1. The number of hydrogen-bond donors (Lipinski definition) is 2. The Hall–Kier alpha value is -2.29. The van der Waals surface area contributed by atoms with Gasteiger partial charge >= 0.3 is 6.18 Å². The summed E-state index contributed by atoms with van der Waals surface area (Å²) in [5, 5.41) is 5.40. The van der Waals surface area contributed by atoms with E-state index in [0.29, 0.717) is 18.8 Å². The quantitative estimate of drug-likeness (QED) is 0.669. The van der Waals surface area contributed by atoms with E-state index in [1.165, 1.54) is 11.0 Å². The van der Waals surface area contributed by atoms with E-state index in [1.807, 2.05) is 18.7 Å². The van der Waals surface area contributed by atoms with Gasteiger partial charge in [-0.05, 0) is 51.9 Å². The summed E-state index contributed by atoms with van der Waals surface area (Å²) in [6.07, 6.45) is -2.56. The van der Waals surface area contributed by atoms with Gasteiger partial charge in [0.05, 0.1) is 30.0 Å². The van der Waals surface area contributed by atoms with E-state index in [9.17, 15) is 22.8 Å². The molecule has 28 heavy (non-hydrogen) atoms. The summed E-state index contributed by atoms with van der Waals surface area (Å²) in [6.45, 7) is 4.90. The predicted molar refractivity (Wildman–Crippen MR) is 102 cm³/mol. The van der Waals surface area contributed by atoms with Gasteiger partial charge in [-0.25, -0.2) is 0 Å². The second-order valence-corrected chi connectivity index (χ2v) is 6.96. The number of likely N-dealkylation sites (N-methyl/N-ethyl adjacent to an activating group) is 1. The first-order valence-electron chi connectivity index (χ1n) is 9.38. The number of amides is 2. The Balaban J connectivity index is 2.08. The fourth-order valence-electron chi connectivity index (χ4n) is 2.89. The summed E-state index contributed by atoms with van der Waals surface area (Å²) in [7, 11) is 1.61. The van der Waals surface area contributed by atoms with Gasteiger partial charge in [0.15, 0.2) is 0 Å². The van der Waals surface area contributed by atoms with Crippen LogP contribution in [-0.4, -0.2) is 56.0 Å². The van der Waals surface area contributed by atoms with E-state index in [-0.39, 0.29) is 30.7 Å².